The van der Waals surface area contributed by atoms with Crippen molar-refractivity contribution < 1.29 is 13.9 Å². The number of nitrogens with zero attached hydrogens (tertiary/aromatic N) is 4. The molecule has 0 amide bonds. The zero-order valence-corrected chi connectivity index (χ0v) is 17.8. The van der Waals surface area contributed by atoms with Crippen LogP contribution in [-0.4, -0.2) is 32.6 Å². The summed E-state index contributed by atoms with van der Waals surface area (Å²) >= 11 is 0. The average molecular weight is 426 g/mol. The summed E-state index contributed by atoms with van der Waals surface area (Å²) in [5.74, 6) is 1.48. The monoisotopic (exact) mass is 426 g/mol. The quantitative estimate of drug-likeness (QED) is 0.299. The summed E-state index contributed by atoms with van der Waals surface area (Å²) < 4.78 is 13.1. The molecule has 32 heavy (non-hydrogen) atoms. The van der Waals surface area contributed by atoms with E-state index in [4.69, 9.17) is 9.15 Å². The van der Waals surface area contributed by atoms with Gasteiger partial charge in [-0.3, -0.25) is 4.79 Å². The van der Waals surface area contributed by atoms with Crippen molar-refractivity contribution in [1.29, 1.82) is 0 Å². The Labute approximate surface area is 185 Å². The van der Waals surface area contributed by atoms with E-state index in [0.717, 1.165) is 22.7 Å². The fourth-order valence-electron chi connectivity index (χ4n) is 3.11. The van der Waals surface area contributed by atoms with Crippen molar-refractivity contribution in [2.24, 2.45) is 0 Å². The zero-order valence-electron chi connectivity index (χ0n) is 17.8. The molecule has 0 saturated carbocycles. The fourth-order valence-corrected chi connectivity index (χ4v) is 3.11. The SMILES string of the molecule is COc1cc(/C=C/c2nnc(CC=CC(=O)c3ccccc3)o2)ccc1-n1cnc(C)c1. The smallest absolute Gasteiger partial charge is 0.240 e. The third kappa shape index (κ3) is 5.07. The molecule has 2 aromatic heterocycles. The van der Waals surface area contributed by atoms with Crippen LogP contribution in [0.4, 0.5) is 0 Å². The Bertz CT molecular complexity index is 1270. The summed E-state index contributed by atoms with van der Waals surface area (Å²) in [6.07, 6.45) is 10.9. The van der Waals surface area contributed by atoms with Gasteiger partial charge < -0.3 is 13.7 Å². The lowest BCUT2D eigenvalue weighted by Crippen LogP contribution is -1.95. The second-order valence-corrected chi connectivity index (χ2v) is 7.06. The molecule has 0 N–H and O–H groups in total. The molecule has 7 nitrogen and oxygen atoms in total. The van der Waals surface area contributed by atoms with Crippen LogP contribution >= 0.6 is 0 Å². The molecule has 2 aromatic carbocycles. The minimum Gasteiger partial charge on any atom is -0.495 e. The van der Waals surface area contributed by atoms with E-state index in [2.05, 4.69) is 15.2 Å². The Morgan fingerprint density at radius 2 is 1.97 bits per heavy atom. The molecule has 0 aliphatic carbocycles. The van der Waals surface area contributed by atoms with Crippen molar-refractivity contribution in [3.8, 4) is 11.4 Å². The van der Waals surface area contributed by atoms with Crippen LogP contribution in [-0.2, 0) is 6.42 Å². The molecular weight excluding hydrogens is 404 g/mol. The Morgan fingerprint density at radius 1 is 1.12 bits per heavy atom. The maximum atomic E-state index is 12.1. The predicted molar refractivity (Wildman–Crippen MR) is 122 cm³/mol. The number of ether oxygens (including phenoxy) is 1. The molecule has 0 fully saturated rings. The van der Waals surface area contributed by atoms with Crippen molar-refractivity contribution in [1.82, 2.24) is 19.7 Å². The molecule has 0 radical (unpaired) electrons. The molecular formula is C25H22N4O3. The predicted octanol–water partition coefficient (Wildman–Crippen LogP) is 4.72. The van der Waals surface area contributed by atoms with Crippen LogP contribution in [0.2, 0.25) is 0 Å². The van der Waals surface area contributed by atoms with Crippen LogP contribution in [0.1, 0.15) is 33.4 Å². The normalized spacial score (nSPS) is 11.4. The molecule has 0 atom stereocenters. The number of aryl methyl sites for hydroxylation is 1. The van der Waals surface area contributed by atoms with Crippen LogP contribution < -0.4 is 4.74 Å². The van der Waals surface area contributed by atoms with Gasteiger partial charge in [-0.2, -0.15) is 0 Å². The molecule has 160 valence electrons. The number of ketones is 1. The molecule has 2 heterocycles. The number of allylic oxidation sites excluding steroid dienone is 2. The lowest BCUT2D eigenvalue weighted by Gasteiger charge is -2.09. The average Bonchev–Trinajstić information content (AvgIpc) is 3.46. The van der Waals surface area contributed by atoms with Crippen LogP contribution in [0, 0.1) is 6.92 Å². The van der Waals surface area contributed by atoms with Gasteiger partial charge in [0.1, 0.15) is 5.75 Å². The number of benzene rings is 2. The van der Waals surface area contributed by atoms with Gasteiger partial charge in [-0.15, -0.1) is 10.2 Å². The van der Waals surface area contributed by atoms with Gasteiger partial charge in [0.25, 0.3) is 0 Å². The van der Waals surface area contributed by atoms with Crippen molar-refractivity contribution in [2.45, 2.75) is 13.3 Å². The molecule has 0 saturated heterocycles. The van der Waals surface area contributed by atoms with Crippen molar-refractivity contribution >= 4 is 17.9 Å². The van der Waals surface area contributed by atoms with Gasteiger partial charge in [-0.25, -0.2) is 4.98 Å². The number of hydrogen-bond donors (Lipinski definition) is 0. The number of rotatable bonds is 8. The Kier molecular flexibility index (Phi) is 6.36. The van der Waals surface area contributed by atoms with E-state index < -0.39 is 0 Å². The first-order valence-electron chi connectivity index (χ1n) is 10.1. The molecule has 7 heteroatoms. The van der Waals surface area contributed by atoms with Crippen molar-refractivity contribution in [2.75, 3.05) is 7.11 Å². The topological polar surface area (TPSA) is 83.0 Å². The Hall–Kier alpha value is -4.26. The number of methoxy groups -OCH3 is 1. The Morgan fingerprint density at radius 3 is 2.72 bits per heavy atom. The largest absolute Gasteiger partial charge is 0.495 e. The summed E-state index contributed by atoms with van der Waals surface area (Å²) in [5, 5.41) is 8.05. The lowest BCUT2D eigenvalue weighted by molar-refractivity contribution is 0.104. The molecule has 0 spiro atoms. The summed E-state index contributed by atoms with van der Waals surface area (Å²) in [4.78, 5) is 16.3. The summed E-state index contributed by atoms with van der Waals surface area (Å²) in [7, 11) is 1.64. The van der Waals surface area contributed by atoms with Gasteiger partial charge in [0, 0.05) is 24.3 Å². The fraction of sp³-hybridized carbons (Fsp3) is 0.120. The van der Waals surface area contributed by atoms with E-state index in [-0.39, 0.29) is 5.78 Å². The number of hydrogen-bond acceptors (Lipinski definition) is 6. The minimum atomic E-state index is -0.0616. The maximum absolute atomic E-state index is 12.1. The van der Waals surface area contributed by atoms with Crippen LogP contribution in [0.5, 0.6) is 5.75 Å². The van der Waals surface area contributed by atoms with Crippen molar-refractivity contribution in [3.63, 3.8) is 0 Å². The first kappa shape index (κ1) is 21.0. The van der Waals surface area contributed by atoms with Gasteiger partial charge in [0.2, 0.25) is 11.8 Å². The molecule has 0 aliphatic rings. The number of aromatic nitrogens is 4. The van der Waals surface area contributed by atoms with E-state index in [9.17, 15) is 4.79 Å². The second kappa shape index (κ2) is 9.70. The number of carbonyl (C=O) groups excluding carboxylic acids is 1. The lowest BCUT2D eigenvalue weighted by atomic mass is 10.1. The van der Waals surface area contributed by atoms with Gasteiger partial charge in [-0.1, -0.05) is 42.5 Å². The van der Waals surface area contributed by atoms with E-state index in [1.54, 1.807) is 37.7 Å². The highest BCUT2D eigenvalue weighted by Gasteiger charge is 2.07. The summed E-state index contributed by atoms with van der Waals surface area (Å²) in [5.41, 5.74) is 3.41. The highest BCUT2D eigenvalue weighted by molar-refractivity contribution is 6.04. The number of carbonyl (C=O) groups is 1. The standard InChI is InChI=1S/C25H22N4O3/c1-18-16-29(17-26-18)21-13-11-19(15-23(21)31-2)12-14-25-28-27-24(32-25)10-6-9-22(30)20-7-4-3-5-8-20/h3-9,11-17H,10H2,1-2H3/b9-6?,14-12+. The highest BCUT2D eigenvalue weighted by Crippen LogP contribution is 2.25. The third-order valence-corrected chi connectivity index (χ3v) is 4.71. The third-order valence-electron chi connectivity index (χ3n) is 4.71. The van der Waals surface area contributed by atoms with E-state index >= 15 is 0 Å². The van der Waals surface area contributed by atoms with Gasteiger partial charge in [0.05, 0.1) is 24.8 Å². The van der Waals surface area contributed by atoms with E-state index in [0.29, 0.717) is 23.8 Å². The maximum Gasteiger partial charge on any atom is 0.240 e. The Balaban J connectivity index is 1.40. The highest BCUT2D eigenvalue weighted by atomic mass is 16.5. The molecule has 4 rings (SSSR count). The van der Waals surface area contributed by atoms with Gasteiger partial charge in [-0.05, 0) is 36.8 Å². The molecule has 4 aromatic rings. The number of imidazole rings is 1. The second-order valence-electron chi connectivity index (χ2n) is 7.06. The summed E-state index contributed by atoms with van der Waals surface area (Å²) in [6, 6.07) is 15.0. The first-order chi connectivity index (χ1) is 15.6. The zero-order chi connectivity index (χ0) is 22.3. The molecule has 0 unspecified atom stereocenters. The van der Waals surface area contributed by atoms with Crippen molar-refractivity contribution in [3.05, 3.63) is 102 Å². The van der Waals surface area contributed by atoms with Gasteiger partial charge in [0.15, 0.2) is 5.78 Å². The van der Waals surface area contributed by atoms with Crippen LogP contribution in [0.3, 0.4) is 0 Å². The van der Waals surface area contributed by atoms with E-state index in [1.165, 1.54) is 6.08 Å². The first-order valence-corrected chi connectivity index (χ1v) is 10.1. The van der Waals surface area contributed by atoms with Crippen LogP contribution in [0.25, 0.3) is 17.8 Å². The van der Waals surface area contributed by atoms with Crippen LogP contribution in [0.15, 0.2) is 77.6 Å². The van der Waals surface area contributed by atoms with Gasteiger partial charge >= 0.3 is 0 Å². The summed E-state index contributed by atoms with van der Waals surface area (Å²) in [6.45, 7) is 1.94. The van der Waals surface area contributed by atoms with E-state index in [1.807, 2.05) is 60.2 Å². The molecule has 0 bridgehead atoms. The molecule has 0 aliphatic heterocycles. The minimum absolute atomic E-state index is 0.0616.